The van der Waals surface area contributed by atoms with E-state index in [-0.39, 0.29) is 5.82 Å². The predicted molar refractivity (Wildman–Crippen MR) is 71.7 cm³/mol. The summed E-state index contributed by atoms with van der Waals surface area (Å²) in [5.41, 5.74) is 1.69. The Morgan fingerprint density at radius 2 is 2.17 bits per heavy atom. The number of rotatable bonds is 5. The van der Waals surface area contributed by atoms with Gasteiger partial charge in [-0.05, 0) is 31.6 Å². The molecule has 1 aromatic heterocycles. The van der Waals surface area contributed by atoms with Crippen molar-refractivity contribution in [2.24, 2.45) is 0 Å². The fourth-order valence-electron chi connectivity index (χ4n) is 2.01. The van der Waals surface area contributed by atoms with Crippen molar-refractivity contribution < 1.29 is 9.13 Å². The molecule has 2 aromatic rings. The number of halogens is 1. The number of H-pyrrole nitrogens is 1. The maximum Gasteiger partial charge on any atom is 0.150 e. The molecule has 98 valence electrons. The van der Waals surface area contributed by atoms with Crippen LogP contribution in [0.2, 0.25) is 0 Å². The summed E-state index contributed by atoms with van der Waals surface area (Å²) in [5.74, 6) is 0.296. The van der Waals surface area contributed by atoms with Gasteiger partial charge in [-0.25, -0.2) is 4.39 Å². The first-order chi connectivity index (χ1) is 8.65. The zero-order chi connectivity index (χ0) is 13.1. The van der Waals surface area contributed by atoms with Gasteiger partial charge in [0.05, 0.1) is 12.6 Å². The summed E-state index contributed by atoms with van der Waals surface area (Å²) in [7, 11) is 3.63. The molecule has 3 nitrogen and oxygen atoms in total. The van der Waals surface area contributed by atoms with E-state index in [9.17, 15) is 4.39 Å². The zero-order valence-corrected chi connectivity index (χ0v) is 11.1. The van der Waals surface area contributed by atoms with E-state index in [1.165, 1.54) is 6.07 Å². The van der Waals surface area contributed by atoms with Gasteiger partial charge in [-0.3, -0.25) is 0 Å². The fraction of sp³-hybridized carbons (Fsp3) is 0.429. The molecule has 1 heterocycles. The largest absolute Gasteiger partial charge is 0.497 e. The van der Waals surface area contributed by atoms with Crippen LogP contribution in [0, 0.1) is 5.82 Å². The Balaban J connectivity index is 2.31. The van der Waals surface area contributed by atoms with Crippen LogP contribution in [0.15, 0.2) is 18.3 Å². The monoisotopic (exact) mass is 250 g/mol. The number of benzene rings is 1. The van der Waals surface area contributed by atoms with Crippen LogP contribution in [0.5, 0.6) is 5.75 Å². The average molecular weight is 250 g/mol. The minimum atomic E-state index is -0.264. The smallest absolute Gasteiger partial charge is 0.150 e. The number of aromatic amines is 1. The number of ether oxygens (including phenoxy) is 1. The van der Waals surface area contributed by atoms with Crippen molar-refractivity contribution >= 4 is 10.9 Å². The van der Waals surface area contributed by atoms with E-state index in [4.69, 9.17) is 4.74 Å². The zero-order valence-electron chi connectivity index (χ0n) is 11.1. The highest BCUT2D eigenvalue weighted by Gasteiger charge is 2.10. The van der Waals surface area contributed by atoms with E-state index in [2.05, 4.69) is 23.9 Å². The topological polar surface area (TPSA) is 28.3 Å². The first-order valence-corrected chi connectivity index (χ1v) is 6.17. The van der Waals surface area contributed by atoms with Crippen LogP contribution in [0.4, 0.5) is 4.39 Å². The van der Waals surface area contributed by atoms with Gasteiger partial charge >= 0.3 is 0 Å². The van der Waals surface area contributed by atoms with Crippen LogP contribution in [0.25, 0.3) is 10.9 Å². The van der Waals surface area contributed by atoms with Gasteiger partial charge in [-0.15, -0.1) is 0 Å². The van der Waals surface area contributed by atoms with Gasteiger partial charge in [-0.1, -0.05) is 6.92 Å². The Morgan fingerprint density at radius 1 is 1.39 bits per heavy atom. The molecule has 0 aliphatic heterocycles. The summed E-state index contributed by atoms with van der Waals surface area (Å²) in [6.07, 6.45) is 2.79. The second-order valence-electron chi connectivity index (χ2n) is 4.49. The molecule has 0 atom stereocenters. The van der Waals surface area contributed by atoms with Gasteiger partial charge in [0, 0.05) is 24.2 Å². The summed E-state index contributed by atoms with van der Waals surface area (Å²) in [6.45, 7) is 4.10. The summed E-state index contributed by atoms with van der Waals surface area (Å²) < 4.78 is 18.9. The Kier molecular flexibility index (Phi) is 3.87. The molecular formula is C14H19FN2O. The molecule has 0 saturated heterocycles. The van der Waals surface area contributed by atoms with Gasteiger partial charge in [0.2, 0.25) is 0 Å². The second-order valence-corrected chi connectivity index (χ2v) is 4.49. The normalized spacial score (nSPS) is 11.4. The third kappa shape index (κ3) is 2.48. The number of hydrogen-bond acceptors (Lipinski definition) is 2. The summed E-state index contributed by atoms with van der Waals surface area (Å²) in [6, 6.07) is 3.29. The molecule has 0 bridgehead atoms. The molecule has 0 amide bonds. The quantitative estimate of drug-likeness (QED) is 0.883. The lowest BCUT2D eigenvalue weighted by Crippen LogP contribution is -2.20. The Hall–Kier alpha value is -1.55. The molecule has 2 rings (SSSR count). The number of hydrogen-bond donors (Lipinski definition) is 1. The third-order valence-corrected chi connectivity index (χ3v) is 3.34. The molecule has 0 unspecified atom stereocenters. The van der Waals surface area contributed by atoms with Crippen molar-refractivity contribution in [3.8, 4) is 5.75 Å². The van der Waals surface area contributed by atoms with E-state index >= 15 is 0 Å². The Morgan fingerprint density at radius 3 is 2.83 bits per heavy atom. The molecule has 1 N–H and O–H groups in total. The van der Waals surface area contributed by atoms with E-state index in [1.807, 2.05) is 12.3 Å². The van der Waals surface area contributed by atoms with Crippen LogP contribution in [-0.4, -0.2) is 37.1 Å². The van der Waals surface area contributed by atoms with Crippen LogP contribution in [0.3, 0.4) is 0 Å². The maximum atomic E-state index is 13.8. The van der Waals surface area contributed by atoms with Crippen molar-refractivity contribution in [1.82, 2.24) is 9.88 Å². The number of fused-ring (bicyclic) bond motifs is 1. The number of methoxy groups -OCH3 is 1. The number of aromatic nitrogens is 1. The SMILES string of the molecule is CCN(C)CCc1c[nH]c2c(F)cc(OC)cc12. The van der Waals surface area contributed by atoms with Crippen molar-refractivity contribution in [3.63, 3.8) is 0 Å². The van der Waals surface area contributed by atoms with Crippen molar-refractivity contribution in [3.05, 3.63) is 29.7 Å². The molecule has 0 radical (unpaired) electrons. The number of nitrogens with one attached hydrogen (secondary N) is 1. The Bertz CT molecular complexity index is 536. The fourth-order valence-corrected chi connectivity index (χ4v) is 2.01. The van der Waals surface area contributed by atoms with E-state index in [1.54, 1.807) is 7.11 Å². The lowest BCUT2D eigenvalue weighted by atomic mass is 10.1. The summed E-state index contributed by atoms with van der Waals surface area (Å²) in [4.78, 5) is 5.23. The van der Waals surface area contributed by atoms with Gasteiger partial charge in [0.15, 0.2) is 5.82 Å². The van der Waals surface area contributed by atoms with E-state index in [0.29, 0.717) is 11.3 Å². The Labute approximate surface area is 107 Å². The first-order valence-electron chi connectivity index (χ1n) is 6.17. The summed E-state index contributed by atoms with van der Waals surface area (Å²) in [5, 5.41) is 0.913. The minimum absolute atomic E-state index is 0.264. The van der Waals surface area contributed by atoms with Gasteiger partial charge in [0.25, 0.3) is 0 Å². The minimum Gasteiger partial charge on any atom is -0.497 e. The highest BCUT2D eigenvalue weighted by Crippen LogP contribution is 2.26. The molecule has 0 spiro atoms. The van der Waals surface area contributed by atoms with E-state index < -0.39 is 0 Å². The molecule has 1 aromatic carbocycles. The van der Waals surface area contributed by atoms with Gasteiger partial charge in [-0.2, -0.15) is 0 Å². The molecule has 4 heteroatoms. The van der Waals surface area contributed by atoms with Gasteiger partial charge < -0.3 is 14.6 Å². The van der Waals surface area contributed by atoms with Crippen LogP contribution < -0.4 is 4.74 Å². The third-order valence-electron chi connectivity index (χ3n) is 3.34. The molecule has 18 heavy (non-hydrogen) atoms. The predicted octanol–water partition coefficient (Wildman–Crippen LogP) is 2.81. The lowest BCUT2D eigenvalue weighted by Gasteiger charge is -2.12. The molecule has 0 saturated carbocycles. The standard InChI is InChI=1S/C14H19FN2O/c1-4-17(2)6-5-10-9-16-14-12(10)7-11(18-3)8-13(14)15/h7-9,16H,4-6H2,1-3H3. The van der Waals surface area contributed by atoms with Crippen molar-refractivity contribution in [2.75, 3.05) is 27.2 Å². The highest BCUT2D eigenvalue weighted by molar-refractivity contribution is 5.85. The molecule has 0 aliphatic rings. The van der Waals surface area contributed by atoms with Crippen LogP contribution in [0.1, 0.15) is 12.5 Å². The summed E-state index contributed by atoms with van der Waals surface area (Å²) >= 11 is 0. The first kappa shape index (κ1) is 12.9. The van der Waals surface area contributed by atoms with Crippen molar-refractivity contribution in [1.29, 1.82) is 0 Å². The molecular weight excluding hydrogens is 231 g/mol. The highest BCUT2D eigenvalue weighted by atomic mass is 19.1. The number of nitrogens with zero attached hydrogens (tertiary/aromatic N) is 1. The van der Waals surface area contributed by atoms with Crippen LogP contribution >= 0.6 is 0 Å². The van der Waals surface area contributed by atoms with Gasteiger partial charge in [0.1, 0.15) is 5.75 Å². The molecule has 0 fully saturated rings. The average Bonchev–Trinajstić information content (AvgIpc) is 2.79. The number of likely N-dealkylation sites (N-methyl/N-ethyl adjacent to an activating group) is 1. The van der Waals surface area contributed by atoms with E-state index in [0.717, 1.165) is 30.5 Å². The lowest BCUT2D eigenvalue weighted by molar-refractivity contribution is 0.358. The molecule has 0 aliphatic carbocycles. The maximum absolute atomic E-state index is 13.8. The second kappa shape index (κ2) is 5.40. The van der Waals surface area contributed by atoms with Crippen molar-refractivity contribution in [2.45, 2.75) is 13.3 Å². The van der Waals surface area contributed by atoms with Crippen LogP contribution in [-0.2, 0) is 6.42 Å².